The molecule has 2 aromatic rings. The number of amides is 2. The second-order valence-corrected chi connectivity index (χ2v) is 10.1. The number of carbonyl (C=O) groups is 3. The molecule has 7 heteroatoms. The highest BCUT2D eigenvalue weighted by Crippen LogP contribution is 2.44. The smallest absolute Gasteiger partial charge is 0.407 e. The molecule has 2 aromatic carbocycles. The summed E-state index contributed by atoms with van der Waals surface area (Å²) >= 11 is 0. The van der Waals surface area contributed by atoms with Crippen LogP contribution in [0.2, 0.25) is 0 Å². The van der Waals surface area contributed by atoms with Gasteiger partial charge in [-0.3, -0.25) is 9.59 Å². The zero-order valence-electron chi connectivity index (χ0n) is 20.3. The van der Waals surface area contributed by atoms with Crippen LogP contribution in [0.3, 0.4) is 0 Å². The fourth-order valence-corrected chi connectivity index (χ4v) is 5.33. The molecule has 1 fully saturated rings. The number of hydrogen-bond acceptors (Lipinski definition) is 4. The molecule has 0 aliphatic heterocycles. The summed E-state index contributed by atoms with van der Waals surface area (Å²) in [6, 6.07) is 15.3. The van der Waals surface area contributed by atoms with Gasteiger partial charge in [0.2, 0.25) is 5.91 Å². The van der Waals surface area contributed by atoms with Crippen LogP contribution in [-0.4, -0.2) is 41.8 Å². The molecule has 0 spiro atoms. The van der Waals surface area contributed by atoms with E-state index in [9.17, 15) is 19.5 Å². The van der Waals surface area contributed by atoms with Gasteiger partial charge in [0.05, 0.1) is 5.92 Å². The maximum absolute atomic E-state index is 13.0. The molecule has 0 unspecified atom stereocenters. The third-order valence-corrected chi connectivity index (χ3v) is 7.03. The second kappa shape index (κ2) is 10.9. The number of rotatable bonds is 8. The van der Waals surface area contributed by atoms with Gasteiger partial charge in [0, 0.05) is 12.0 Å². The van der Waals surface area contributed by atoms with Crippen molar-refractivity contribution in [3.05, 3.63) is 59.7 Å². The van der Waals surface area contributed by atoms with Gasteiger partial charge in [0.15, 0.2) is 0 Å². The van der Waals surface area contributed by atoms with Gasteiger partial charge in [-0.25, -0.2) is 4.79 Å². The van der Waals surface area contributed by atoms with E-state index in [1.165, 1.54) is 0 Å². The van der Waals surface area contributed by atoms with E-state index in [2.05, 4.69) is 34.9 Å². The maximum atomic E-state index is 13.0. The summed E-state index contributed by atoms with van der Waals surface area (Å²) in [6.45, 7) is 4.15. The number of alkyl carbamates (subject to hydrolysis) is 1. The van der Waals surface area contributed by atoms with Crippen LogP contribution >= 0.6 is 0 Å². The molecule has 0 saturated heterocycles. The van der Waals surface area contributed by atoms with E-state index in [1.54, 1.807) is 0 Å². The summed E-state index contributed by atoms with van der Waals surface area (Å²) in [5.74, 6) is -1.42. The van der Waals surface area contributed by atoms with E-state index in [1.807, 2.05) is 38.1 Å². The van der Waals surface area contributed by atoms with Crippen molar-refractivity contribution in [3.8, 4) is 11.1 Å². The van der Waals surface area contributed by atoms with Crippen LogP contribution in [0.4, 0.5) is 4.79 Å². The Kier molecular flexibility index (Phi) is 7.73. The van der Waals surface area contributed by atoms with Crippen LogP contribution in [0.15, 0.2) is 48.5 Å². The predicted molar refractivity (Wildman–Crippen MR) is 133 cm³/mol. The fraction of sp³-hybridized carbons (Fsp3) is 0.464. The van der Waals surface area contributed by atoms with Crippen molar-refractivity contribution in [2.75, 3.05) is 6.61 Å². The fourth-order valence-electron chi connectivity index (χ4n) is 5.33. The van der Waals surface area contributed by atoms with Crippen LogP contribution in [0, 0.1) is 11.8 Å². The van der Waals surface area contributed by atoms with Crippen molar-refractivity contribution in [1.29, 1.82) is 0 Å². The van der Waals surface area contributed by atoms with Crippen LogP contribution in [0.5, 0.6) is 0 Å². The first kappa shape index (κ1) is 24.8. The molecular weight excluding hydrogens is 444 g/mol. The van der Waals surface area contributed by atoms with Crippen LogP contribution in [0.1, 0.15) is 63.0 Å². The zero-order valence-corrected chi connectivity index (χ0v) is 20.3. The first-order valence-corrected chi connectivity index (χ1v) is 12.5. The average molecular weight is 479 g/mol. The minimum Gasteiger partial charge on any atom is -0.481 e. The maximum Gasteiger partial charge on any atom is 0.407 e. The van der Waals surface area contributed by atoms with Crippen molar-refractivity contribution in [2.45, 2.75) is 64.0 Å². The summed E-state index contributed by atoms with van der Waals surface area (Å²) in [4.78, 5) is 37.1. The van der Waals surface area contributed by atoms with E-state index in [0.717, 1.165) is 35.1 Å². The average Bonchev–Trinajstić information content (AvgIpc) is 3.16. The van der Waals surface area contributed by atoms with E-state index in [-0.39, 0.29) is 30.4 Å². The largest absolute Gasteiger partial charge is 0.481 e. The Labute approximate surface area is 206 Å². The Morgan fingerprint density at radius 3 is 2.23 bits per heavy atom. The standard InChI is InChI=1S/C28H34N2O5/c1-17(2)14-25(26(31)29-19-9-7-8-18(15-19)27(32)33)30-28(34)35-16-24-22-12-5-3-10-20(22)21-11-4-6-13-23(21)24/h3-6,10-13,17-19,24-25H,7-9,14-16H2,1-2H3,(H,29,31)(H,30,34)(H,32,33)/t18-,19+,25-/m1/s1. The van der Waals surface area contributed by atoms with Crippen molar-refractivity contribution in [1.82, 2.24) is 10.6 Å². The minimum atomic E-state index is -0.820. The molecular formula is C28H34N2O5. The van der Waals surface area contributed by atoms with Crippen molar-refractivity contribution in [2.24, 2.45) is 11.8 Å². The molecule has 186 valence electrons. The highest BCUT2D eigenvalue weighted by molar-refractivity contribution is 5.86. The summed E-state index contributed by atoms with van der Waals surface area (Å²) in [5.41, 5.74) is 4.56. The molecule has 0 bridgehead atoms. The summed E-state index contributed by atoms with van der Waals surface area (Å²) < 4.78 is 5.63. The molecule has 1 saturated carbocycles. The van der Waals surface area contributed by atoms with Gasteiger partial charge >= 0.3 is 12.1 Å². The van der Waals surface area contributed by atoms with E-state index in [4.69, 9.17) is 4.74 Å². The first-order chi connectivity index (χ1) is 16.8. The molecule has 2 amide bonds. The third kappa shape index (κ3) is 5.84. The number of nitrogens with one attached hydrogen (secondary N) is 2. The summed E-state index contributed by atoms with van der Waals surface area (Å²) in [6.07, 6.45) is 2.39. The van der Waals surface area contributed by atoms with E-state index >= 15 is 0 Å². The van der Waals surface area contributed by atoms with Crippen LogP contribution in [0.25, 0.3) is 11.1 Å². The monoisotopic (exact) mass is 478 g/mol. The second-order valence-electron chi connectivity index (χ2n) is 10.1. The lowest BCUT2D eigenvalue weighted by atomic mass is 9.85. The Balaban J connectivity index is 1.38. The number of hydrogen-bond donors (Lipinski definition) is 3. The SMILES string of the molecule is CC(C)C[C@@H](NC(=O)OCC1c2ccccc2-c2ccccc21)C(=O)N[C@H]1CCC[C@@H](C(=O)O)C1. The van der Waals surface area contributed by atoms with E-state index in [0.29, 0.717) is 19.3 Å². The normalized spacial score (nSPS) is 20.0. The van der Waals surface area contributed by atoms with Crippen molar-refractivity contribution >= 4 is 18.0 Å². The van der Waals surface area contributed by atoms with Crippen LogP contribution < -0.4 is 10.6 Å². The molecule has 2 aliphatic carbocycles. The van der Waals surface area contributed by atoms with Crippen LogP contribution in [-0.2, 0) is 14.3 Å². The minimum absolute atomic E-state index is 0.0549. The Bertz CT molecular complexity index is 1040. The quantitative estimate of drug-likeness (QED) is 0.510. The van der Waals surface area contributed by atoms with Gasteiger partial charge in [0.1, 0.15) is 12.6 Å². The third-order valence-electron chi connectivity index (χ3n) is 7.03. The Morgan fingerprint density at radius 1 is 1.00 bits per heavy atom. The molecule has 0 aromatic heterocycles. The highest BCUT2D eigenvalue weighted by Gasteiger charge is 2.32. The topological polar surface area (TPSA) is 105 Å². The molecule has 3 N–H and O–H groups in total. The molecule has 0 radical (unpaired) electrons. The molecule has 35 heavy (non-hydrogen) atoms. The van der Waals surface area contributed by atoms with Gasteiger partial charge in [-0.15, -0.1) is 0 Å². The number of benzene rings is 2. The van der Waals surface area contributed by atoms with Gasteiger partial charge < -0.3 is 20.5 Å². The number of carboxylic acid groups (broad SMARTS) is 1. The van der Waals surface area contributed by atoms with Crippen molar-refractivity contribution < 1.29 is 24.2 Å². The van der Waals surface area contributed by atoms with Gasteiger partial charge in [-0.1, -0.05) is 68.8 Å². The highest BCUT2D eigenvalue weighted by atomic mass is 16.5. The van der Waals surface area contributed by atoms with Crippen molar-refractivity contribution in [3.63, 3.8) is 0 Å². The molecule has 2 aliphatic rings. The zero-order chi connectivity index (χ0) is 24.9. The lowest BCUT2D eigenvalue weighted by Gasteiger charge is -2.29. The lowest BCUT2D eigenvalue weighted by molar-refractivity contribution is -0.143. The number of aliphatic carboxylic acids is 1. The molecule has 0 heterocycles. The van der Waals surface area contributed by atoms with E-state index < -0.39 is 24.0 Å². The number of fused-ring (bicyclic) bond motifs is 3. The van der Waals surface area contributed by atoms with Gasteiger partial charge in [0.25, 0.3) is 0 Å². The summed E-state index contributed by atoms with van der Waals surface area (Å²) in [5, 5.41) is 15.0. The molecule has 3 atom stereocenters. The Morgan fingerprint density at radius 2 is 1.63 bits per heavy atom. The summed E-state index contributed by atoms with van der Waals surface area (Å²) in [7, 11) is 0. The number of carbonyl (C=O) groups excluding carboxylic acids is 2. The first-order valence-electron chi connectivity index (χ1n) is 12.5. The predicted octanol–water partition coefficient (Wildman–Crippen LogP) is 4.70. The van der Waals surface area contributed by atoms with Gasteiger partial charge in [-0.05, 0) is 53.9 Å². The lowest BCUT2D eigenvalue weighted by Crippen LogP contribution is -2.51. The van der Waals surface area contributed by atoms with Gasteiger partial charge in [-0.2, -0.15) is 0 Å². The molecule has 7 nitrogen and oxygen atoms in total. The number of carboxylic acids is 1. The molecule has 4 rings (SSSR count). The Hall–Kier alpha value is -3.35. The number of ether oxygens (including phenoxy) is 1.